The smallest absolute Gasteiger partial charge is 0.224 e. The van der Waals surface area contributed by atoms with Crippen molar-refractivity contribution in [1.82, 2.24) is 15.5 Å². The quantitative estimate of drug-likeness (QED) is 0.866. The SMILES string of the molecule is CC1CC(NC(=O)C2CCNC2)CN1Cc1ccccc1.Cl.Cl. The summed E-state index contributed by atoms with van der Waals surface area (Å²) in [6, 6.07) is 11.4. The molecule has 0 saturated carbocycles. The van der Waals surface area contributed by atoms with Crippen molar-refractivity contribution in [3.05, 3.63) is 35.9 Å². The van der Waals surface area contributed by atoms with Crippen molar-refractivity contribution in [2.45, 2.75) is 38.4 Å². The number of amides is 1. The molecule has 0 aliphatic carbocycles. The largest absolute Gasteiger partial charge is 0.352 e. The summed E-state index contributed by atoms with van der Waals surface area (Å²) in [5, 5.41) is 6.50. The second-order valence-corrected chi connectivity index (χ2v) is 6.39. The Morgan fingerprint density at radius 1 is 1.30 bits per heavy atom. The van der Waals surface area contributed by atoms with Crippen molar-refractivity contribution in [3.63, 3.8) is 0 Å². The molecule has 3 rings (SSSR count). The molecule has 2 N–H and O–H groups in total. The fourth-order valence-electron chi connectivity index (χ4n) is 3.44. The van der Waals surface area contributed by atoms with Gasteiger partial charge in [0.1, 0.15) is 0 Å². The van der Waals surface area contributed by atoms with Crippen molar-refractivity contribution < 1.29 is 4.79 Å². The first kappa shape index (κ1) is 20.2. The summed E-state index contributed by atoms with van der Waals surface area (Å²) in [7, 11) is 0. The van der Waals surface area contributed by atoms with Crippen LogP contribution in [0.5, 0.6) is 0 Å². The molecule has 2 aliphatic rings. The molecular weight excluding hydrogens is 333 g/mol. The highest BCUT2D eigenvalue weighted by Crippen LogP contribution is 2.21. The Morgan fingerprint density at radius 2 is 2.04 bits per heavy atom. The van der Waals surface area contributed by atoms with Crippen LogP contribution in [0.15, 0.2) is 30.3 Å². The molecule has 23 heavy (non-hydrogen) atoms. The molecule has 130 valence electrons. The highest BCUT2D eigenvalue weighted by atomic mass is 35.5. The standard InChI is InChI=1S/C17H25N3O.2ClH/c1-13-9-16(19-17(21)15-7-8-18-10-15)12-20(13)11-14-5-3-2-4-6-14;;/h2-6,13,15-16,18H,7-12H2,1H3,(H,19,21);2*1H. The molecule has 4 nitrogen and oxygen atoms in total. The van der Waals surface area contributed by atoms with Crippen LogP contribution >= 0.6 is 24.8 Å². The molecule has 0 aromatic heterocycles. The van der Waals surface area contributed by atoms with E-state index < -0.39 is 0 Å². The molecule has 0 radical (unpaired) electrons. The molecule has 0 bridgehead atoms. The molecule has 2 aliphatic heterocycles. The molecule has 3 atom stereocenters. The number of likely N-dealkylation sites (tertiary alicyclic amines) is 1. The van der Waals surface area contributed by atoms with E-state index in [4.69, 9.17) is 0 Å². The Balaban J connectivity index is 0.00000132. The van der Waals surface area contributed by atoms with Gasteiger partial charge in [0.15, 0.2) is 0 Å². The second kappa shape index (κ2) is 9.48. The lowest BCUT2D eigenvalue weighted by atomic mass is 10.1. The summed E-state index contributed by atoms with van der Waals surface area (Å²) in [4.78, 5) is 14.7. The fourth-order valence-corrected chi connectivity index (χ4v) is 3.44. The van der Waals surface area contributed by atoms with Gasteiger partial charge < -0.3 is 10.6 Å². The summed E-state index contributed by atoms with van der Waals surface area (Å²) >= 11 is 0. The molecule has 1 aromatic rings. The Labute approximate surface area is 151 Å². The fraction of sp³-hybridized carbons (Fsp3) is 0.588. The molecular formula is C17H27Cl2N3O. The first-order chi connectivity index (χ1) is 10.2. The van der Waals surface area contributed by atoms with Crippen LogP contribution in [0.4, 0.5) is 0 Å². The molecule has 2 heterocycles. The third kappa shape index (κ3) is 5.35. The summed E-state index contributed by atoms with van der Waals surface area (Å²) in [6.07, 6.45) is 2.03. The molecule has 1 aromatic carbocycles. The van der Waals surface area contributed by atoms with E-state index in [1.165, 1.54) is 5.56 Å². The van der Waals surface area contributed by atoms with Gasteiger partial charge in [0.05, 0.1) is 5.92 Å². The lowest BCUT2D eigenvalue weighted by Crippen LogP contribution is -2.41. The van der Waals surface area contributed by atoms with Gasteiger partial charge in [-0.2, -0.15) is 0 Å². The van der Waals surface area contributed by atoms with Gasteiger partial charge in [-0.3, -0.25) is 9.69 Å². The third-order valence-electron chi connectivity index (χ3n) is 4.71. The van der Waals surface area contributed by atoms with Crippen LogP contribution in [0.1, 0.15) is 25.3 Å². The average Bonchev–Trinajstić information content (AvgIpc) is 3.11. The summed E-state index contributed by atoms with van der Waals surface area (Å²) in [5.74, 6) is 0.405. The van der Waals surface area contributed by atoms with Crippen LogP contribution < -0.4 is 10.6 Å². The van der Waals surface area contributed by atoms with Crippen LogP contribution in [-0.2, 0) is 11.3 Å². The Bertz CT molecular complexity index is 480. The zero-order valence-electron chi connectivity index (χ0n) is 13.5. The van der Waals surface area contributed by atoms with E-state index in [-0.39, 0.29) is 36.6 Å². The topological polar surface area (TPSA) is 44.4 Å². The first-order valence-electron chi connectivity index (χ1n) is 8.01. The lowest BCUT2D eigenvalue weighted by Gasteiger charge is -2.21. The maximum Gasteiger partial charge on any atom is 0.224 e. The van der Waals surface area contributed by atoms with E-state index in [2.05, 4.69) is 52.8 Å². The van der Waals surface area contributed by atoms with Crippen molar-refractivity contribution in [1.29, 1.82) is 0 Å². The van der Waals surface area contributed by atoms with Gasteiger partial charge >= 0.3 is 0 Å². The number of hydrogen-bond donors (Lipinski definition) is 2. The summed E-state index contributed by atoms with van der Waals surface area (Å²) in [5.41, 5.74) is 1.34. The van der Waals surface area contributed by atoms with Gasteiger partial charge in [-0.25, -0.2) is 0 Å². The monoisotopic (exact) mass is 359 g/mol. The van der Waals surface area contributed by atoms with Crippen molar-refractivity contribution >= 4 is 30.7 Å². The van der Waals surface area contributed by atoms with Crippen molar-refractivity contribution in [2.75, 3.05) is 19.6 Å². The molecule has 1 amide bonds. The maximum atomic E-state index is 12.2. The van der Waals surface area contributed by atoms with Gasteiger partial charge in [-0.15, -0.1) is 24.8 Å². The minimum absolute atomic E-state index is 0. The molecule has 3 unspecified atom stereocenters. The number of rotatable bonds is 4. The highest BCUT2D eigenvalue weighted by Gasteiger charge is 2.32. The maximum absolute atomic E-state index is 12.2. The van der Waals surface area contributed by atoms with E-state index in [1.807, 2.05) is 0 Å². The predicted molar refractivity (Wildman–Crippen MR) is 98.3 cm³/mol. The first-order valence-corrected chi connectivity index (χ1v) is 8.01. The number of carbonyl (C=O) groups excluding carboxylic acids is 1. The minimum Gasteiger partial charge on any atom is -0.352 e. The number of nitrogens with one attached hydrogen (secondary N) is 2. The summed E-state index contributed by atoms with van der Waals surface area (Å²) in [6.45, 7) is 5.99. The Morgan fingerprint density at radius 3 is 2.70 bits per heavy atom. The van der Waals surface area contributed by atoms with Gasteiger partial charge in [-0.1, -0.05) is 30.3 Å². The van der Waals surface area contributed by atoms with E-state index in [1.54, 1.807) is 0 Å². The van der Waals surface area contributed by atoms with Gasteiger partial charge in [0, 0.05) is 31.7 Å². The molecule has 2 saturated heterocycles. The molecule has 2 fully saturated rings. The van der Waals surface area contributed by atoms with Crippen LogP contribution in [0.3, 0.4) is 0 Å². The molecule has 6 heteroatoms. The lowest BCUT2D eigenvalue weighted by molar-refractivity contribution is -0.125. The van der Waals surface area contributed by atoms with Crippen molar-refractivity contribution in [3.8, 4) is 0 Å². The van der Waals surface area contributed by atoms with Gasteiger partial charge in [0.25, 0.3) is 0 Å². The number of halogens is 2. The van der Waals surface area contributed by atoms with Crippen LogP contribution in [-0.4, -0.2) is 42.5 Å². The Kier molecular flexibility index (Phi) is 8.34. The zero-order chi connectivity index (χ0) is 14.7. The third-order valence-corrected chi connectivity index (χ3v) is 4.71. The van der Waals surface area contributed by atoms with E-state index >= 15 is 0 Å². The number of nitrogens with zero attached hydrogens (tertiary/aromatic N) is 1. The predicted octanol–water partition coefficient (Wildman–Crippen LogP) is 2.22. The van der Waals surface area contributed by atoms with E-state index in [9.17, 15) is 4.79 Å². The van der Waals surface area contributed by atoms with Gasteiger partial charge in [0.2, 0.25) is 5.91 Å². The normalized spacial score (nSPS) is 27.1. The average molecular weight is 360 g/mol. The van der Waals surface area contributed by atoms with Crippen LogP contribution in [0.25, 0.3) is 0 Å². The number of carbonyl (C=O) groups is 1. The van der Waals surface area contributed by atoms with Crippen LogP contribution in [0, 0.1) is 5.92 Å². The second-order valence-electron chi connectivity index (χ2n) is 6.39. The van der Waals surface area contributed by atoms with Gasteiger partial charge in [-0.05, 0) is 31.9 Å². The number of hydrogen-bond acceptors (Lipinski definition) is 3. The van der Waals surface area contributed by atoms with E-state index in [0.29, 0.717) is 12.1 Å². The van der Waals surface area contributed by atoms with Crippen molar-refractivity contribution in [2.24, 2.45) is 5.92 Å². The highest BCUT2D eigenvalue weighted by molar-refractivity contribution is 5.85. The van der Waals surface area contributed by atoms with Crippen LogP contribution in [0.2, 0.25) is 0 Å². The summed E-state index contributed by atoms with van der Waals surface area (Å²) < 4.78 is 0. The van der Waals surface area contributed by atoms with E-state index in [0.717, 1.165) is 39.0 Å². The number of benzene rings is 1. The minimum atomic E-state index is 0. The Hall–Kier alpha value is -0.810. The zero-order valence-corrected chi connectivity index (χ0v) is 15.2. The molecule has 0 spiro atoms.